The van der Waals surface area contributed by atoms with Crippen LogP contribution in [0.2, 0.25) is 10.0 Å². The van der Waals surface area contributed by atoms with E-state index in [9.17, 15) is 14.4 Å². The minimum Gasteiger partial charge on any atom is -0.493 e. The van der Waals surface area contributed by atoms with Crippen molar-refractivity contribution >= 4 is 62.9 Å². The summed E-state index contributed by atoms with van der Waals surface area (Å²) in [6.45, 7) is 11.3. The molecule has 17 heteroatoms. The second-order valence-electron chi connectivity index (χ2n) is 18.4. The first-order valence-corrected chi connectivity index (χ1v) is 25.4. The number of piperidine rings is 2. The van der Waals surface area contributed by atoms with E-state index in [1.165, 1.54) is 0 Å². The fourth-order valence-electron chi connectivity index (χ4n) is 9.54. The monoisotopic (exact) mass is 1030 g/mol. The van der Waals surface area contributed by atoms with Gasteiger partial charge in [-0.3, -0.25) is 4.79 Å². The Morgan fingerprint density at radius 2 is 1.01 bits per heavy atom. The molecule has 2 aliphatic heterocycles. The van der Waals surface area contributed by atoms with Crippen LogP contribution in [0.25, 0.3) is 21.9 Å². The van der Waals surface area contributed by atoms with Crippen LogP contribution in [0, 0.1) is 0 Å². The van der Waals surface area contributed by atoms with E-state index in [2.05, 4.69) is 20.1 Å². The number of hydrogen-bond acceptors (Lipinski definition) is 13. The van der Waals surface area contributed by atoms with Crippen LogP contribution in [0.4, 0.5) is 0 Å². The van der Waals surface area contributed by atoms with Crippen LogP contribution in [0.5, 0.6) is 23.0 Å². The van der Waals surface area contributed by atoms with E-state index in [0.717, 1.165) is 135 Å². The second-order valence-corrected chi connectivity index (χ2v) is 19.3. The Hall–Kier alpha value is -6.13. The summed E-state index contributed by atoms with van der Waals surface area (Å²) in [5.74, 6) is 0.330. The fraction of sp³-hybridized carbons (Fsp3) is 0.436. The lowest BCUT2D eigenvalue weighted by Gasteiger charge is -2.31. The Balaban J connectivity index is 0.000000876. The van der Waals surface area contributed by atoms with E-state index in [-0.39, 0.29) is 17.6 Å². The minimum atomic E-state index is -1.26. The smallest absolute Gasteiger partial charge is 0.328 e. The number of hydrogen-bond donors (Lipinski definition) is 2. The number of likely N-dealkylation sites (tertiary alicyclic amines) is 2. The summed E-state index contributed by atoms with van der Waals surface area (Å²) < 4.78 is 35.0. The van der Waals surface area contributed by atoms with Gasteiger partial charge in [0.25, 0.3) is 0 Å². The molecule has 2 unspecified atom stereocenters. The molecule has 2 saturated heterocycles. The Kier molecular flexibility index (Phi) is 19.4. The number of rotatable bonds is 22. The number of aliphatic carboxylic acids is 2. The zero-order chi connectivity index (χ0) is 51.1. The number of halogens is 2. The van der Waals surface area contributed by atoms with Crippen LogP contribution in [0.3, 0.4) is 0 Å². The summed E-state index contributed by atoms with van der Waals surface area (Å²) in [5, 5.41) is 27.9. The van der Waals surface area contributed by atoms with Crippen molar-refractivity contribution in [1.82, 2.24) is 20.1 Å². The zero-order valence-electron chi connectivity index (χ0n) is 41.3. The van der Waals surface area contributed by atoms with E-state index < -0.39 is 11.9 Å². The van der Waals surface area contributed by atoms with Gasteiger partial charge in [0, 0.05) is 68.8 Å². The van der Waals surface area contributed by atoms with Gasteiger partial charge in [0.1, 0.15) is 5.78 Å². The highest BCUT2D eigenvalue weighted by molar-refractivity contribution is 6.31. The third-order valence-corrected chi connectivity index (χ3v) is 14.2. The Morgan fingerprint density at radius 1 is 0.611 bits per heavy atom. The number of ether oxygens (including phenoxy) is 4. The van der Waals surface area contributed by atoms with Crippen LogP contribution in [-0.2, 0) is 14.4 Å². The number of carbonyl (C=O) groups is 3. The van der Waals surface area contributed by atoms with Gasteiger partial charge in [0.2, 0.25) is 0 Å². The van der Waals surface area contributed by atoms with Crippen molar-refractivity contribution in [3.05, 3.63) is 118 Å². The minimum absolute atomic E-state index is 0.109. The number of carboxylic acid groups (broad SMARTS) is 2. The molecule has 4 heterocycles. The molecule has 6 aromatic rings. The van der Waals surface area contributed by atoms with Crippen LogP contribution in [0.15, 0.2) is 94.0 Å². The van der Waals surface area contributed by atoms with Crippen molar-refractivity contribution in [2.45, 2.75) is 88.9 Å². The highest BCUT2D eigenvalue weighted by Crippen LogP contribution is 2.38. The van der Waals surface area contributed by atoms with Crippen molar-refractivity contribution in [1.29, 1.82) is 0 Å². The van der Waals surface area contributed by atoms with Gasteiger partial charge in [-0.15, -0.1) is 0 Å². The maximum absolute atomic E-state index is 13.9. The SMILES string of the molecule is COc1cc(C(C)C(=O)C(C)c2ccc(OCCCCN3CCC(c4noc5cc(Cl)ccc45)CC3)c(OC)c2)ccc1OCCCCN1CCC(c2noc3cc(Cl)ccc23)CC1.O=C(O)/C=C/C(=O)O. The number of Topliss-reactive ketones (excluding diaryl/α,β-unsaturated/α-hetero) is 1. The van der Waals surface area contributed by atoms with E-state index in [0.29, 0.717) is 70.2 Å². The predicted molar refractivity (Wildman–Crippen MR) is 277 cm³/mol. The molecule has 0 saturated carbocycles. The van der Waals surface area contributed by atoms with E-state index in [1.54, 1.807) is 14.2 Å². The van der Waals surface area contributed by atoms with Gasteiger partial charge in [0.05, 0.1) is 38.8 Å². The van der Waals surface area contributed by atoms with Crippen molar-refractivity contribution in [2.24, 2.45) is 0 Å². The number of benzene rings is 4. The molecule has 4 aromatic carbocycles. The van der Waals surface area contributed by atoms with Crippen LogP contribution < -0.4 is 18.9 Å². The predicted octanol–water partition coefficient (Wildman–Crippen LogP) is 11.6. The van der Waals surface area contributed by atoms with E-state index in [1.807, 2.05) is 86.6 Å². The lowest BCUT2D eigenvalue weighted by atomic mass is 9.85. The lowest BCUT2D eigenvalue weighted by Crippen LogP contribution is -2.34. The maximum Gasteiger partial charge on any atom is 0.328 e. The number of unbranched alkanes of at least 4 members (excludes halogenated alkanes) is 2. The third kappa shape index (κ3) is 14.3. The Morgan fingerprint density at radius 3 is 1.39 bits per heavy atom. The molecule has 2 atom stereocenters. The summed E-state index contributed by atoms with van der Waals surface area (Å²) in [4.78, 5) is 38.0. The quantitative estimate of drug-likeness (QED) is 0.0482. The average Bonchev–Trinajstić information content (AvgIpc) is 4.01. The van der Waals surface area contributed by atoms with E-state index in [4.69, 9.17) is 61.4 Å². The Bertz CT molecular complexity index is 2610. The molecular weight excluding hydrogens is 964 g/mol. The molecule has 0 amide bonds. The Labute approximate surface area is 429 Å². The average molecular weight is 1030 g/mol. The summed E-state index contributed by atoms with van der Waals surface area (Å²) >= 11 is 12.3. The largest absolute Gasteiger partial charge is 0.493 e. The fourth-order valence-corrected chi connectivity index (χ4v) is 9.87. The number of ketones is 1. The molecule has 2 N–H and O–H groups in total. The van der Waals surface area contributed by atoms with Crippen molar-refractivity contribution in [2.75, 3.05) is 66.7 Å². The van der Waals surface area contributed by atoms with Crippen LogP contribution in [-0.4, -0.2) is 115 Å². The van der Waals surface area contributed by atoms with Gasteiger partial charge in [-0.05, 0) is 150 Å². The maximum atomic E-state index is 13.9. The molecule has 8 rings (SSSR count). The summed E-state index contributed by atoms with van der Waals surface area (Å²) in [5.41, 5.74) is 5.39. The molecule has 2 aromatic heterocycles. The first kappa shape index (κ1) is 53.7. The van der Waals surface area contributed by atoms with Crippen LogP contribution in [0.1, 0.15) is 111 Å². The summed E-state index contributed by atoms with van der Waals surface area (Å²) in [7, 11) is 3.28. The molecule has 15 nitrogen and oxygen atoms in total. The van der Waals surface area contributed by atoms with Gasteiger partial charge in [-0.2, -0.15) is 0 Å². The number of carbonyl (C=O) groups excluding carboxylic acids is 1. The molecular formula is C55H64Cl2N4O11. The normalized spacial score (nSPS) is 15.8. The third-order valence-electron chi connectivity index (χ3n) is 13.7. The van der Waals surface area contributed by atoms with Gasteiger partial charge in [0.15, 0.2) is 34.2 Å². The van der Waals surface area contributed by atoms with Gasteiger partial charge in [-0.1, -0.05) is 59.5 Å². The number of methoxy groups -OCH3 is 2. The molecule has 0 aliphatic carbocycles. The first-order chi connectivity index (χ1) is 34.8. The highest BCUT2D eigenvalue weighted by Gasteiger charge is 2.28. The van der Waals surface area contributed by atoms with Gasteiger partial charge >= 0.3 is 11.9 Å². The molecule has 72 heavy (non-hydrogen) atoms. The van der Waals surface area contributed by atoms with E-state index >= 15 is 0 Å². The molecule has 384 valence electrons. The van der Waals surface area contributed by atoms with Gasteiger partial charge < -0.3 is 48.0 Å². The van der Waals surface area contributed by atoms with Crippen molar-refractivity contribution in [3.63, 3.8) is 0 Å². The number of aromatic nitrogens is 2. The lowest BCUT2D eigenvalue weighted by molar-refractivity contribution is -0.134. The molecule has 2 fully saturated rings. The molecule has 0 bridgehead atoms. The standard InChI is InChI=1S/C51H60Cl2N4O7.C4H4O4/c1-33(37-9-15-43(47(29-37)59-3)61-27-7-5-21-56-23-17-35(18-24-56)49-41-13-11-39(52)31-45(41)63-54-49)51(58)34(2)38-10-16-44(48(30-38)60-4)62-28-8-6-22-57-25-19-36(20-26-57)50-42-14-12-40(53)32-46(42)64-55-50;5-3(6)1-2-4(7)8/h9-16,29-36H,5-8,17-28H2,1-4H3;1-2H,(H,5,6)(H,7,8)/b;2-1+. The second kappa shape index (κ2) is 26.0. The topological polar surface area (TPSA) is 187 Å². The van der Waals surface area contributed by atoms with Crippen molar-refractivity contribution < 1.29 is 52.6 Å². The van der Waals surface area contributed by atoms with Crippen LogP contribution >= 0.6 is 23.2 Å². The molecule has 0 radical (unpaired) electrons. The summed E-state index contributed by atoms with van der Waals surface area (Å²) in [6.07, 6.45) is 9.30. The van der Waals surface area contributed by atoms with Gasteiger partial charge in [-0.25, -0.2) is 9.59 Å². The highest BCUT2D eigenvalue weighted by atomic mass is 35.5. The number of fused-ring (bicyclic) bond motifs is 2. The molecule has 0 spiro atoms. The first-order valence-electron chi connectivity index (χ1n) is 24.6. The molecule has 2 aliphatic rings. The number of nitrogens with zero attached hydrogens (tertiary/aromatic N) is 4. The summed E-state index contributed by atoms with van der Waals surface area (Å²) in [6, 6.07) is 23.2. The zero-order valence-corrected chi connectivity index (χ0v) is 42.8. The van der Waals surface area contributed by atoms with Crippen molar-refractivity contribution in [3.8, 4) is 23.0 Å². The number of carboxylic acids is 2.